The summed E-state index contributed by atoms with van der Waals surface area (Å²) < 4.78 is 34.8. The molecule has 25 heavy (non-hydrogen) atoms. The number of thiophene rings is 1. The summed E-state index contributed by atoms with van der Waals surface area (Å²) >= 11 is 1.70. The van der Waals surface area contributed by atoms with Crippen LogP contribution in [0.25, 0.3) is 0 Å². The molecule has 0 saturated carbocycles. The van der Waals surface area contributed by atoms with Crippen molar-refractivity contribution >= 4 is 17.3 Å². The molecule has 0 radical (unpaired) electrons. The lowest BCUT2D eigenvalue weighted by Crippen LogP contribution is -2.37. The van der Waals surface area contributed by atoms with Gasteiger partial charge in [-0.15, -0.1) is 11.3 Å². The van der Waals surface area contributed by atoms with Gasteiger partial charge in [0.05, 0.1) is 7.11 Å². The number of aliphatic imine (C=N–C) groups is 1. The first-order chi connectivity index (χ1) is 12.1. The molecule has 1 aromatic heterocycles. The molecule has 2 N–H and O–H groups in total. The SMILES string of the molecule is CN=C(NCCc1cccs1)NCc1ccc(OC)cc1OC(F)F. The molecule has 136 valence electrons. The van der Waals surface area contributed by atoms with Gasteiger partial charge in [0, 0.05) is 36.6 Å². The van der Waals surface area contributed by atoms with Gasteiger partial charge in [0.1, 0.15) is 11.5 Å². The molecular formula is C17H21F2N3O2S. The highest BCUT2D eigenvalue weighted by Crippen LogP contribution is 2.26. The molecule has 0 amide bonds. The topological polar surface area (TPSA) is 54.9 Å². The van der Waals surface area contributed by atoms with Gasteiger partial charge in [-0.2, -0.15) is 8.78 Å². The van der Waals surface area contributed by atoms with Crippen molar-refractivity contribution in [2.45, 2.75) is 19.6 Å². The van der Waals surface area contributed by atoms with Crippen LogP contribution in [0, 0.1) is 0 Å². The molecule has 0 bridgehead atoms. The summed E-state index contributed by atoms with van der Waals surface area (Å²) in [6.45, 7) is -1.87. The Morgan fingerprint density at radius 2 is 2.12 bits per heavy atom. The highest BCUT2D eigenvalue weighted by molar-refractivity contribution is 7.09. The number of hydrogen-bond donors (Lipinski definition) is 2. The van der Waals surface area contributed by atoms with E-state index in [1.54, 1.807) is 30.5 Å². The van der Waals surface area contributed by atoms with Crippen molar-refractivity contribution in [1.29, 1.82) is 0 Å². The van der Waals surface area contributed by atoms with Gasteiger partial charge in [0.2, 0.25) is 0 Å². The van der Waals surface area contributed by atoms with E-state index in [9.17, 15) is 8.78 Å². The van der Waals surface area contributed by atoms with Crippen LogP contribution >= 0.6 is 11.3 Å². The number of benzene rings is 1. The molecular weight excluding hydrogens is 348 g/mol. The van der Waals surface area contributed by atoms with Crippen LogP contribution in [0.1, 0.15) is 10.4 Å². The number of ether oxygens (including phenoxy) is 2. The molecule has 0 saturated heterocycles. The van der Waals surface area contributed by atoms with E-state index in [1.807, 2.05) is 11.4 Å². The second-order valence-corrected chi connectivity index (χ2v) is 6.07. The average Bonchev–Trinajstić information content (AvgIpc) is 3.11. The maximum atomic E-state index is 12.6. The van der Waals surface area contributed by atoms with E-state index in [0.717, 1.165) is 13.0 Å². The molecule has 0 unspecified atom stereocenters. The fourth-order valence-corrected chi connectivity index (χ4v) is 2.88. The van der Waals surface area contributed by atoms with Gasteiger partial charge in [0.15, 0.2) is 5.96 Å². The van der Waals surface area contributed by atoms with E-state index in [-0.39, 0.29) is 5.75 Å². The Balaban J connectivity index is 1.91. The van der Waals surface area contributed by atoms with Gasteiger partial charge >= 0.3 is 6.61 Å². The van der Waals surface area contributed by atoms with Crippen LogP contribution in [0.3, 0.4) is 0 Å². The first-order valence-corrected chi connectivity index (χ1v) is 8.59. The quantitative estimate of drug-likeness (QED) is 0.554. The highest BCUT2D eigenvalue weighted by atomic mass is 32.1. The molecule has 5 nitrogen and oxygen atoms in total. The van der Waals surface area contributed by atoms with Crippen molar-refractivity contribution in [2.75, 3.05) is 20.7 Å². The summed E-state index contributed by atoms with van der Waals surface area (Å²) in [5, 5.41) is 8.32. The number of hydrogen-bond acceptors (Lipinski definition) is 4. The molecule has 1 heterocycles. The van der Waals surface area contributed by atoms with Gasteiger partial charge in [0.25, 0.3) is 0 Å². The van der Waals surface area contributed by atoms with Crippen molar-refractivity contribution in [3.63, 3.8) is 0 Å². The third-order valence-electron chi connectivity index (χ3n) is 3.40. The molecule has 1 aromatic carbocycles. The van der Waals surface area contributed by atoms with Crippen molar-refractivity contribution in [3.05, 3.63) is 46.2 Å². The van der Waals surface area contributed by atoms with Gasteiger partial charge in [-0.1, -0.05) is 6.07 Å². The molecule has 2 aromatic rings. The van der Waals surface area contributed by atoms with Gasteiger partial charge in [-0.05, 0) is 30.0 Å². The lowest BCUT2D eigenvalue weighted by molar-refractivity contribution is -0.0505. The van der Waals surface area contributed by atoms with Gasteiger partial charge in [-0.25, -0.2) is 0 Å². The molecule has 0 spiro atoms. The Morgan fingerprint density at radius 3 is 2.76 bits per heavy atom. The molecule has 8 heteroatoms. The number of guanidine groups is 1. The number of halogens is 2. The first kappa shape index (κ1) is 19.0. The van der Waals surface area contributed by atoms with Crippen molar-refractivity contribution in [2.24, 2.45) is 4.99 Å². The van der Waals surface area contributed by atoms with Gasteiger partial charge < -0.3 is 20.1 Å². The largest absolute Gasteiger partial charge is 0.497 e. The second kappa shape index (κ2) is 9.83. The third kappa shape index (κ3) is 6.22. The van der Waals surface area contributed by atoms with Crippen molar-refractivity contribution in [3.8, 4) is 11.5 Å². The molecule has 2 rings (SSSR count). The summed E-state index contributed by atoms with van der Waals surface area (Å²) in [7, 11) is 3.13. The van der Waals surface area contributed by atoms with E-state index in [2.05, 4.69) is 26.4 Å². The monoisotopic (exact) mass is 369 g/mol. The maximum Gasteiger partial charge on any atom is 0.387 e. The number of rotatable bonds is 8. The van der Waals surface area contributed by atoms with Crippen LogP contribution in [0.2, 0.25) is 0 Å². The zero-order valence-electron chi connectivity index (χ0n) is 14.1. The Bertz CT molecular complexity index is 679. The molecule has 0 aliphatic rings. The normalized spacial score (nSPS) is 11.5. The third-order valence-corrected chi connectivity index (χ3v) is 4.34. The predicted octanol–water partition coefficient (Wildman–Crippen LogP) is 3.27. The van der Waals surface area contributed by atoms with Crippen molar-refractivity contribution < 1.29 is 18.3 Å². The van der Waals surface area contributed by atoms with Crippen molar-refractivity contribution in [1.82, 2.24) is 10.6 Å². The first-order valence-electron chi connectivity index (χ1n) is 7.71. The van der Waals surface area contributed by atoms with Crippen LogP contribution in [0.15, 0.2) is 40.7 Å². The summed E-state index contributed by atoms with van der Waals surface area (Å²) in [4.78, 5) is 5.41. The predicted molar refractivity (Wildman–Crippen MR) is 95.9 cm³/mol. The van der Waals surface area contributed by atoms with Crippen LogP contribution in [0.4, 0.5) is 8.78 Å². The van der Waals surface area contributed by atoms with E-state index in [4.69, 9.17) is 4.74 Å². The minimum absolute atomic E-state index is 0.0795. The molecule has 0 fully saturated rings. The zero-order chi connectivity index (χ0) is 18.1. The highest BCUT2D eigenvalue weighted by Gasteiger charge is 2.11. The van der Waals surface area contributed by atoms with Crippen LogP contribution in [0.5, 0.6) is 11.5 Å². The Labute approximate surface area is 149 Å². The van der Waals surface area contributed by atoms with Gasteiger partial charge in [-0.3, -0.25) is 4.99 Å². The van der Waals surface area contributed by atoms with E-state index in [0.29, 0.717) is 23.8 Å². The Hall–Kier alpha value is -2.35. The fraction of sp³-hybridized carbons (Fsp3) is 0.353. The number of alkyl halides is 2. The lowest BCUT2D eigenvalue weighted by atomic mass is 10.2. The molecule has 0 atom stereocenters. The minimum atomic E-state index is -2.89. The Morgan fingerprint density at radius 1 is 1.28 bits per heavy atom. The van der Waals surface area contributed by atoms with E-state index < -0.39 is 6.61 Å². The molecule has 0 aliphatic heterocycles. The second-order valence-electron chi connectivity index (χ2n) is 5.03. The zero-order valence-corrected chi connectivity index (χ0v) is 14.9. The minimum Gasteiger partial charge on any atom is -0.497 e. The van der Waals surface area contributed by atoms with Crippen LogP contribution in [-0.2, 0) is 13.0 Å². The van der Waals surface area contributed by atoms with Crippen LogP contribution < -0.4 is 20.1 Å². The van der Waals surface area contributed by atoms with E-state index >= 15 is 0 Å². The summed E-state index contributed by atoms with van der Waals surface area (Å²) in [5.41, 5.74) is 0.585. The Kier molecular flexibility index (Phi) is 7.46. The fourth-order valence-electron chi connectivity index (χ4n) is 2.17. The standard InChI is InChI=1S/C17H21F2N3O2S/c1-20-17(21-8-7-14-4-3-9-25-14)22-11-12-5-6-13(23-2)10-15(12)24-16(18)19/h3-6,9-10,16H,7-8,11H2,1-2H3,(H2,20,21,22). The number of nitrogens with zero attached hydrogens (tertiary/aromatic N) is 1. The van der Waals surface area contributed by atoms with E-state index in [1.165, 1.54) is 18.1 Å². The number of methoxy groups -OCH3 is 1. The summed E-state index contributed by atoms with van der Waals surface area (Å²) in [5.74, 6) is 1.13. The molecule has 0 aliphatic carbocycles. The van der Waals surface area contributed by atoms with Crippen LogP contribution in [-0.4, -0.2) is 33.3 Å². The smallest absolute Gasteiger partial charge is 0.387 e. The maximum absolute atomic E-state index is 12.6. The summed E-state index contributed by atoms with van der Waals surface area (Å²) in [6, 6.07) is 8.91. The summed E-state index contributed by atoms with van der Waals surface area (Å²) in [6.07, 6.45) is 0.890. The number of nitrogens with one attached hydrogen (secondary N) is 2. The average molecular weight is 369 g/mol. The lowest BCUT2D eigenvalue weighted by Gasteiger charge is -2.15.